The van der Waals surface area contributed by atoms with Gasteiger partial charge in [0.2, 0.25) is 5.91 Å². The van der Waals surface area contributed by atoms with Crippen LogP contribution in [0.2, 0.25) is 0 Å². The first-order valence-electron chi connectivity index (χ1n) is 8.07. The van der Waals surface area contributed by atoms with Crippen LogP contribution in [0.25, 0.3) is 0 Å². The van der Waals surface area contributed by atoms with Crippen LogP contribution in [0.5, 0.6) is 0 Å². The van der Waals surface area contributed by atoms with Crippen molar-refractivity contribution in [3.8, 4) is 0 Å². The Morgan fingerprint density at radius 1 is 1.33 bits per heavy atom. The smallest absolute Gasteiger partial charge is 0.220 e. The predicted molar refractivity (Wildman–Crippen MR) is 85.2 cm³/mol. The number of aryl methyl sites for hydroxylation is 1. The molecule has 1 amide bonds. The molecule has 1 aliphatic carbocycles. The van der Waals surface area contributed by atoms with Crippen LogP contribution in [0.4, 0.5) is 0 Å². The van der Waals surface area contributed by atoms with E-state index in [2.05, 4.69) is 31.3 Å². The highest BCUT2D eigenvalue weighted by Gasteiger charge is 2.26. The molecule has 3 heteroatoms. The quantitative estimate of drug-likeness (QED) is 0.875. The van der Waals surface area contributed by atoms with E-state index in [1.54, 1.807) is 0 Å². The highest BCUT2D eigenvalue weighted by atomic mass is 16.3. The number of carbonyl (C=O) groups is 1. The highest BCUT2D eigenvalue weighted by Crippen LogP contribution is 2.25. The number of rotatable bonds is 5. The van der Waals surface area contributed by atoms with Gasteiger partial charge in [0.05, 0.1) is 0 Å². The van der Waals surface area contributed by atoms with Crippen LogP contribution in [0.3, 0.4) is 0 Å². The molecule has 0 spiro atoms. The first-order chi connectivity index (χ1) is 10.1. The number of amides is 1. The molecule has 0 aromatic heterocycles. The normalized spacial score (nSPS) is 23.6. The van der Waals surface area contributed by atoms with Gasteiger partial charge >= 0.3 is 0 Å². The van der Waals surface area contributed by atoms with Crippen molar-refractivity contribution in [3.63, 3.8) is 0 Å². The van der Waals surface area contributed by atoms with Crippen molar-refractivity contribution in [2.24, 2.45) is 5.92 Å². The van der Waals surface area contributed by atoms with E-state index in [1.807, 2.05) is 12.1 Å². The summed E-state index contributed by atoms with van der Waals surface area (Å²) >= 11 is 0. The third-order valence-electron chi connectivity index (χ3n) is 4.70. The van der Waals surface area contributed by atoms with E-state index in [9.17, 15) is 9.90 Å². The van der Waals surface area contributed by atoms with Gasteiger partial charge in [-0.1, -0.05) is 44.0 Å². The lowest BCUT2D eigenvalue weighted by Gasteiger charge is -2.31. The fourth-order valence-electron chi connectivity index (χ4n) is 3.41. The molecule has 0 saturated heterocycles. The topological polar surface area (TPSA) is 49.3 Å². The van der Waals surface area contributed by atoms with E-state index in [-0.39, 0.29) is 30.4 Å². The highest BCUT2D eigenvalue weighted by molar-refractivity contribution is 5.77. The number of nitrogens with one attached hydrogen (secondary N) is 1. The number of carbonyl (C=O) groups excluding carboxylic acids is 1. The Kier molecular flexibility index (Phi) is 5.80. The monoisotopic (exact) mass is 289 g/mol. The molecule has 1 saturated carbocycles. The van der Waals surface area contributed by atoms with Crippen molar-refractivity contribution in [1.82, 2.24) is 5.32 Å². The summed E-state index contributed by atoms with van der Waals surface area (Å²) in [4.78, 5) is 12.3. The minimum atomic E-state index is 0.108. The molecular weight excluding hydrogens is 262 g/mol. The molecule has 0 bridgehead atoms. The lowest BCUT2D eigenvalue weighted by atomic mass is 9.84. The first kappa shape index (κ1) is 16.0. The third-order valence-corrected chi connectivity index (χ3v) is 4.70. The van der Waals surface area contributed by atoms with Crippen molar-refractivity contribution < 1.29 is 9.90 Å². The molecule has 1 fully saturated rings. The largest absolute Gasteiger partial charge is 0.396 e. The fraction of sp³-hybridized carbons (Fsp3) is 0.611. The van der Waals surface area contributed by atoms with Gasteiger partial charge < -0.3 is 10.4 Å². The second-order valence-corrected chi connectivity index (χ2v) is 6.36. The minimum absolute atomic E-state index is 0.108. The van der Waals surface area contributed by atoms with Crippen molar-refractivity contribution in [1.29, 1.82) is 0 Å². The maximum atomic E-state index is 12.3. The average Bonchev–Trinajstić information content (AvgIpc) is 2.48. The maximum absolute atomic E-state index is 12.3. The molecule has 21 heavy (non-hydrogen) atoms. The van der Waals surface area contributed by atoms with Crippen molar-refractivity contribution in [3.05, 3.63) is 35.4 Å². The predicted octanol–water partition coefficient (Wildman–Crippen LogP) is 3.16. The van der Waals surface area contributed by atoms with E-state index < -0.39 is 0 Å². The standard InChI is InChI=1S/C18H27NO2/c1-13-7-3-5-9-16(13)14(2)11-18(21)19-17-10-6-4-8-15(17)12-20/h3,5,7,9,14-15,17,20H,4,6,8,10-12H2,1-2H3,(H,19,21). The second-order valence-electron chi connectivity index (χ2n) is 6.36. The van der Waals surface area contributed by atoms with Crippen molar-refractivity contribution in [2.75, 3.05) is 6.61 Å². The molecule has 2 rings (SSSR count). The van der Waals surface area contributed by atoms with Gasteiger partial charge in [-0.15, -0.1) is 0 Å². The number of aliphatic hydroxyl groups excluding tert-OH is 1. The van der Waals surface area contributed by atoms with Crippen LogP contribution in [0, 0.1) is 12.8 Å². The van der Waals surface area contributed by atoms with Gasteiger partial charge in [-0.25, -0.2) is 0 Å². The number of benzene rings is 1. The zero-order chi connectivity index (χ0) is 15.2. The van der Waals surface area contributed by atoms with Crippen LogP contribution < -0.4 is 5.32 Å². The lowest BCUT2D eigenvalue weighted by molar-refractivity contribution is -0.122. The summed E-state index contributed by atoms with van der Waals surface area (Å²) in [5, 5.41) is 12.6. The summed E-state index contributed by atoms with van der Waals surface area (Å²) in [6.45, 7) is 4.37. The molecular formula is C18H27NO2. The fourth-order valence-corrected chi connectivity index (χ4v) is 3.41. The van der Waals surface area contributed by atoms with Gasteiger partial charge in [0, 0.05) is 25.0 Å². The molecule has 0 aliphatic heterocycles. The molecule has 3 atom stereocenters. The Bertz CT molecular complexity index is 472. The number of hydrogen-bond donors (Lipinski definition) is 2. The molecule has 116 valence electrons. The molecule has 0 heterocycles. The third kappa shape index (κ3) is 4.31. The molecule has 1 aromatic carbocycles. The molecule has 0 radical (unpaired) electrons. The Morgan fingerprint density at radius 2 is 2.05 bits per heavy atom. The molecule has 1 aliphatic rings. The molecule has 3 unspecified atom stereocenters. The van der Waals surface area contributed by atoms with Crippen LogP contribution in [0.15, 0.2) is 24.3 Å². The molecule has 3 nitrogen and oxygen atoms in total. The van der Waals surface area contributed by atoms with E-state index in [1.165, 1.54) is 11.1 Å². The van der Waals surface area contributed by atoms with Gasteiger partial charge in [-0.3, -0.25) is 4.79 Å². The minimum Gasteiger partial charge on any atom is -0.396 e. The van der Waals surface area contributed by atoms with Gasteiger partial charge in [-0.2, -0.15) is 0 Å². The summed E-state index contributed by atoms with van der Waals surface area (Å²) in [6, 6.07) is 8.40. The van der Waals surface area contributed by atoms with Crippen LogP contribution in [0.1, 0.15) is 56.1 Å². The Morgan fingerprint density at radius 3 is 2.76 bits per heavy atom. The summed E-state index contributed by atoms with van der Waals surface area (Å²) in [7, 11) is 0. The van der Waals surface area contributed by atoms with E-state index >= 15 is 0 Å². The van der Waals surface area contributed by atoms with Crippen molar-refractivity contribution >= 4 is 5.91 Å². The van der Waals surface area contributed by atoms with Gasteiger partial charge in [0.1, 0.15) is 0 Å². The summed E-state index contributed by atoms with van der Waals surface area (Å²) < 4.78 is 0. The average molecular weight is 289 g/mol. The lowest BCUT2D eigenvalue weighted by Crippen LogP contribution is -2.43. The first-order valence-corrected chi connectivity index (χ1v) is 8.07. The van der Waals surface area contributed by atoms with Crippen molar-refractivity contribution in [2.45, 2.75) is 57.9 Å². The maximum Gasteiger partial charge on any atom is 0.220 e. The zero-order valence-electron chi connectivity index (χ0n) is 13.1. The Labute approximate surface area is 127 Å². The SMILES string of the molecule is Cc1ccccc1C(C)CC(=O)NC1CCCCC1CO. The Hall–Kier alpha value is -1.35. The summed E-state index contributed by atoms with van der Waals surface area (Å²) in [6.07, 6.45) is 4.84. The number of hydrogen-bond acceptors (Lipinski definition) is 2. The van der Waals surface area contributed by atoms with Gasteiger partial charge in [0.25, 0.3) is 0 Å². The zero-order valence-corrected chi connectivity index (χ0v) is 13.1. The molecule has 1 aromatic rings. The second kappa shape index (κ2) is 7.60. The van der Waals surface area contributed by atoms with Gasteiger partial charge in [0.15, 0.2) is 0 Å². The number of aliphatic hydroxyl groups is 1. The van der Waals surface area contributed by atoms with Gasteiger partial charge in [-0.05, 0) is 36.8 Å². The Balaban J connectivity index is 1.90. The van der Waals surface area contributed by atoms with E-state index in [0.29, 0.717) is 6.42 Å². The summed E-state index contributed by atoms with van der Waals surface area (Å²) in [5.41, 5.74) is 2.48. The molecule has 2 N–H and O–H groups in total. The van der Waals surface area contributed by atoms with E-state index in [4.69, 9.17) is 0 Å². The van der Waals surface area contributed by atoms with Crippen LogP contribution in [-0.2, 0) is 4.79 Å². The van der Waals surface area contributed by atoms with Crippen LogP contribution >= 0.6 is 0 Å². The van der Waals surface area contributed by atoms with Crippen LogP contribution in [-0.4, -0.2) is 23.7 Å². The van der Waals surface area contributed by atoms with E-state index in [0.717, 1.165) is 25.7 Å². The summed E-state index contributed by atoms with van der Waals surface area (Å²) in [5.74, 6) is 0.565.